The molecule has 0 aliphatic carbocycles. The van der Waals surface area contributed by atoms with E-state index in [1.165, 1.54) is 12.1 Å². The minimum Gasteiger partial charge on any atom is -0.435 e. The van der Waals surface area contributed by atoms with E-state index in [9.17, 15) is 13.6 Å². The summed E-state index contributed by atoms with van der Waals surface area (Å²) in [6, 6.07) is 6.06. The number of rotatable bonds is 5. The molecule has 1 amide bonds. The molecule has 5 heteroatoms. The number of benzene rings is 1. The van der Waals surface area contributed by atoms with E-state index in [0.29, 0.717) is 0 Å². The molecular formula is C13H17F2NO2. The van der Waals surface area contributed by atoms with Crippen molar-refractivity contribution >= 4 is 5.91 Å². The third-order valence-electron chi connectivity index (χ3n) is 2.49. The lowest BCUT2D eigenvalue weighted by molar-refractivity contribution is -0.124. The Kier molecular flexibility index (Phi) is 5.07. The average molecular weight is 257 g/mol. The summed E-state index contributed by atoms with van der Waals surface area (Å²) < 4.78 is 28.2. The number of carbonyl (C=O) groups is 1. The number of halogens is 2. The maximum absolute atomic E-state index is 12.0. The van der Waals surface area contributed by atoms with Crippen LogP contribution in [0.15, 0.2) is 24.3 Å². The predicted octanol–water partition coefficient (Wildman–Crippen LogP) is 3.12. The molecule has 0 saturated heterocycles. The maximum atomic E-state index is 12.0. The molecule has 0 aliphatic rings. The minimum absolute atomic E-state index is 0.0459. The Morgan fingerprint density at radius 3 is 2.17 bits per heavy atom. The van der Waals surface area contributed by atoms with Gasteiger partial charge in [0.05, 0.1) is 6.04 Å². The molecule has 0 heterocycles. The van der Waals surface area contributed by atoms with Crippen molar-refractivity contribution in [3.63, 3.8) is 0 Å². The second-order valence-electron chi connectivity index (χ2n) is 4.33. The number of amides is 1. The highest BCUT2D eigenvalue weighted by Crippen LogP contribution is 2.19. The van der Waals surface area contributed by atoms with Gasteiger partial charge < -0.3 is 10.1 Å². The van der Waals surface area contributed by atoms with Crippen molar-refractivity contribution in [3.05, 3.63) is 29.8 Å². The highest BCUT2D eigenvalue weighted by atomic mass is 19.3. The van der Waals surface area contributed by atoms with E-state index in [1.54, 1.807) is 12.1 Å². The molecular weight excluding hydrogens is 240 g/mol. The zero-order valence-electron chi connectivity index (χ0n) is 10.6. The van der Waals surface area contributed by atoms with Crippen molar-refractivity contribution in [1.82, 2.24) is 5.32 Å². The lowest BCUT2D eigenvalue weighted by atomic mass is 10.1. The van der Waals surface area contributed by atoms with Crippen LogP contribution in [-0.2, 0) is 4.79 Å². The van der Waals surface area contributed by atoms with Gasteiger partial charge in [0.1, 0.15) is 5.75 Å². The van der Waals surface area contributed by atoms with Gasteiger partial charge in [0.2, 0.25) is 5.91 Å². The van der Waals surface area contributed by atoms with Gasteiger partial charge in [0.25, 0.3) is 0 Å². The smallest absolute Gasteiger partial charge is 0.387 e. The average Bonchev–Trinajstić information content (AvgIpc) is 2.28. The van der Waals surface area contributed by atoms with Gasteiger partial charge >= 0.3 is 6.61 Å². The van der Waals surface area contributed by atoms with Gasteiger partial charge in [0, 0.05) is 5.92 Å². The van der Waals surface area contributed by atoms with Crippen LogP contribution in [0.5, 0.6) is 5.75 Å². The van der Waals surface area contributed by atoms with Crippen molar-refractivity contribution in [1.29, 1.82) is 0 Å². The Labute approximate surface area is 105 Å². The molecule has 0 aromatic heterocycles. The van der Waals surface area contributed by atoms with Crippen LogP contribution < -0.4 is 10.1 Å². The predicted molar refractivity (Wildman–Crippen MR) is 64.5 cm³/mol. The number of carbonyl (C=O) groups excluding carboxylic acids is 1. The first-order chi connectivity index (χ1) is 8.40. The van der Waals surface area contributed by atoms with Crippen molar-refractivity contribution in [2.45, 2.75) is 33.4 Å². The lowest BCUT2D eigenvalue weighted by Crippen LogP contribution is -2.30. The van der Waals surface area contributed by atoms with Gasteiger partial charge in [-0.15, -0.1) is 0 Å². The van der Waals surface area contributed by atoms with E-state index in [1.807, 2.05) is 20.8 Å². The SMILES string of the molecule is CC(C)C(=O)NC(C)c1ccc(OC(F)F)cc1. The van der Waals surface area contributed by atoms with Gasteiger partial charge in [-0.3, -0.25) is 4.79 Å². The summed E-state index contributed by atoms with van der Waals surface area (Å²) in [5.74, 6) is -0.0274. The highest BCUT2D eigenvalue weighted by molar-refractivity contribution is 5.78. The van der Waals surface area contributed by atoms with Crippen LogP contribution in [0, 0.1) is 5.92 Å². The second kappa shape index (κ2) is 6.33. The Bertz CT molecular complexity index is 390. The Balaban J connectivity index is 2.64. The topological polar surface area (TPSA) is 38.3 Å². The summed E-state index contributed by atoms with van der Waals surface area (Å²) in [4.78, 5) is 11.5. The molecule has 1 aromatic carbocycles. The van der Waals surface area contributed by atoms with Crippen LogP contribution in [0.4, 0.5) is 8.78 Å². The number of nitrogens with one attached hydrogen (secondary N) is 1. The van der Waals surface area contributed by atoms with Crippen LogP contribution in [-0.4, -0.2) is 12.5 Å². The van der Waals surface area contributed by atoms with Gasteiger partial charge in [-0.25, -0.2) is 0 Å². The lowest BCUT2D eigenvalue weighted by Gasteiger charge is -2.16. The summed E-state index contributed by atoms with van der Waals surface area (Å²) in [7, 11) is 0. The largest absolute Gasteiger partial charge is 0.435 e. The van der Waals surface area contributed by atoms with Crippen molar-refractivity contribution in [3.8, 4) is 5.75 Å². The molecule has 18 heavy (non-hydrogen) atoms. The van der Waals surface area contributed by atoms with Crippen LogP contribution >= 0.6 is 0 Å². The van der Waals surface area contributed by atoms with E-state index in [-0.39, 0.29) is 23.6 Å². The first kappa shape index (κ1) is 14.4. The molecule has 1 unspecified atom stereocenters. The molecule has 1 N–H and O–H groups in total. The van der Waals surface area contributed by atoms with Crippen LogP contribution in [0.2, 0.25) is 0 Å². The van der Waals surface area contributed by atoms with E-state index >= 15 is 0 Å². The minimum atomic E-state index is -2.83. The number of hydrogen-bond donors (Lipinski definition) is 1. The van der Waals surface area contributed by atoms with Crippen LogP contribution in [0.3, 0.4) is 0 Å². The molecule has 1 atom stereocenters. The first-order valence-electron chi connectivity index (χ1n) is 5.75. The van der Waals surface area contributed by atoms with Gasteiger partial charge in [-0.2, -0.15) is 8.78 Å². The van der Waals surface area contributed by atoms with Gasteiger partial charge in [-0.1, -0.05) is 26.0 Å². The summed E-state index contributed by atoms with van der Waals surface area (Å²) >= 11 is 0. The number of hydrogen-bond acceptors (Lipinski definition) is 2. The van der Waals surface area contributed by atoms with Crippen LogP contribution in [0.25, 0.3) is 0 Å². The molecule has 3 nitrogen and oxygen atoms in total. The molecule has 0 saturated carbocycles. The third-order valence-corrected chi connectivity index (χ3v) is 2.49. The molecule has 1 rings (SSSR count). The van der Waals surface area contributed by atoms with Crippen molar-refractivity contribution in [2.75, 3.05) is 0 Å². The zero-order chi connectivity index (χ0) is 13.7. The molecule has 100 valence electrons. The quantitative estimate of drug-likeness (QED) is 0.880. The molecule has 0 spiro atoms. The highest BCUT2D eigenvalue weighted by Gasteiger charge is 2.12. The fraction of sp³-hybridized carbons (Fsp3) is 0.462. The summed E-state index contributed by atoms with van der Waals surface area (Å²) in [6.07, 6.45) is 0. The summed E-state index contributed by atoms with van der Waals surface area (Å²) in [5.41, 5.74) is 0.839. The fourth-order valence-electron chi connectivity index (χ4n) is 1.40. The fourth-order valence-corrected chi connectivity index (χ4v) is 1.40. The Morgan fingerprint density at radius 2 is 1.72 bits per heavy atom. The zero-order valence-corrected chi connectivity index (χ0v) is 10.6. The Hall–Kier alpha value is -1.65. The van der Waals surface area contributed by atoms with E-state index < -0.39 is 6.61 Å². The summed E-state index contributed by atoms with van der Waals surface area (Å²) in [6.45, 7) is 2.63. The monoisotopic (exact) mass is 257 g/mol. The molecule has 1 aromatic rings. The first-order valence-corrected chi connectivity index (χ1v) is 5.75. The standard InChI is InChI=1S/C13H17F2NO2/c1-8(2)12(17)16-9(3)10-4-6-11(7-5-10)18-13(14)15/h4-9,13H,1-3H3,(H,16,17). The van der Waals surface area contributed by atoms with E-state index in [4.69, 9.17) is 0 Å². The molecule has 0 radical (unpaired) electrons. The van der Waals surface area contributed by atoms with Gasteiger partial charge in [0.15, 0.2) is 0 Å². The van der Waals surface area contributed by atoms with Crippen molar-refractivity contribution in [2.24, 2.45) is 5.92 Å². The number of alkyl halides is 2. The normalized spacial score (nSPS) is 12.6. The number of ether oxygens (including phenoxy) is 1. The van der Waals surface area contributed by atoms with Crippen LogP contribution in [0.1, 0.15) is 32.4 Å². The summed E-state index contributed by atoms with van der Waals surface area (Å²) in [5, 5.41) is 2.83. The van der Waals surface area contributed by atoms with Gasteiger partial charge in [-0.05, 0) is 24.6 Å². The van der Waals surface area contributed by atoms with Crippen molar-refractivity contribution < 1.29 is 18.3 Å². The van der Waals surface area contributed by atoms with E-state index in [2.05, 4.69) is 10.1 Å². The Morgan fingerprint density at radius 1 is 1.17 bits per heavy atom. The maximum Gasteiger partial charge on any atom is 0.387 e. The van der Waals surface area contributed by atoms with E-state index in [0.717, 1.165) is 5.56 Å². The molecule has 0 aliphatic heterocycles. The second-order valence-corrected chi connectivity index (χ2v) is 4.33. The molecule has 0 bridgehead atoms. The molecule has 0 fully saturated rings. The third kappa shape index (κ3) is 4.31.